The van der Waals surface area contributed by atoms with Gasteiger partial charge in [-0.3, -0.25) is 0 Å². The molecule has 1 aromatic carbocycles. The van der Waals surface area contributed by atoms with Gasteiger partial charge in [0.2, 0.25) is 0 Å². The Balaban J connectivity index is 2.89. The van der Waals surface area contributed by atoms with Gasteiger partial charge in [0, 0.05) is 14.2 Å². The average molecular weight is 224 g/mol. The van der Waals surface area contributed by atoms with Crippen molar-refractivity contribution >= 4 is 13.7 Å². The lowest BCUT2D eigenvalue weighted by atomic mass is 10.4. The van der Waals surface area contributed by atoms with E-state index in [0.717, 1.165) is 12.5 Å². The second-order valence-corrected chi connectivity index (χ2v) is 7.03. The van der Waals surface area contributed by atoms with Gasteiger partial charge in [-0.1, -0.05) is 50.1 Å². The van der Waals surface area contributed by atoms with Gasteiger partial charge in [-0.2, -0.15) is 0 Å². The van der Waals surface area contributed by atoms with E-state index in [1.165, 1.54) is 11.6 Å². The van der Waals surface area contributed by atoms with Gasteiger partial charge in [0.25, 0.3) is 0 Å². The van der Waals surface area contributed by atoms with Crippen LogP contribution >= 0.6 is 0 Å². The lowest BCUT2D eigenvalue weighted by Gasteiger charge is -2.27. The van der Waals surface area contributed by atoms with Crippen molar-refractivity contribution < 1.29 is 8.85 Å². The van der Waals surface area contributed by atoms with Crippen molar-refractivity contribution in [1.82, 2.24) is 0 Å². The zero-order chi connectivity index (χ0) is 11.1. The van der Waals surface area contributed by atoms with E-state index in [9.17, 15) is 0 Å². The molecule has 0 aliphatic carbocycles. The first kappa shape index (κ1) is 12.4. The fraction of sp³-hybridized carbons (Fsp3) is 0.500. The molecule has 0 radical (unpaired) electrons. The molecule has 0 saturated heterocycles. The van der Waals surface area contributed by atoms with Gasteiger partial charge in [0.1, 0.15) is 0 Å². The smallest absolute Gasteiger partial charge is 0.371 e. The molecular weight excluding hydrogens is 204 g/mol. The second kappa shape index (κ2) is 6.05. The van der Waals surface area contributed by atoms with Crippen LogP contribution in [-0.2, 0) is 8.85 Å². The molecule has 0 fully saturated rings. The summed E-state index contributed by atoms with van der Waals surface area (Å²) in [6.07, 6.45) is 2.33. The number of unbranched alkanes of at least 4 members (excludes halogenated alkanes) is 1. The fourth-order valence-corrected chi connectivity index (χ4v) is 4.62. The summed E-state index contributed by atoms with van der Waals surface area (Å²) >= 11 is 0. The summed E-state index contributed by atoms with van der Waals surface area (Å²) < 4.78 is 11.4. The molecule has 0 bridgehead atoms. The Morgan fingerprint density at radius 2 is 1.67 bits per heavy atom. The Hall–Kier alpha value is -0.643. The molecule has 84 valence electrons. The summed E-state index contributed by atoms with van der Waals surface area (Å²) in [6.45, 7) is 2.19. The summed E-state index contributed by atoms with van der Waals surface area (Å²) in [5, 5.41) is 1.23. The van der Waals surface area contributed by atoms with Gasteiger partial charge in [0.15, 0.2) is 0 Å². The molecule has 0 aliphatic rings. The zero-order valence-corrected chi connectivity index (χ0v) is 10.8. The molecule has 0 aromatic heterocycles. The highest BCUT2D eigenvalue weighted by atomic mass is 28.4. The van der Waals surface area contributed by atoms with E-state index in [2.05, 4.69) is 19.1 Å². The average Bonchev–Trinajstić information content (AvgIpc) is 2.33. The molecule has 15 heavy (non-hydrogen) atoms. The number of hydrogen-bond donors (Lipinski definition) is 0. The van der Waals surface area contributed by atoms with Crippen molar-refractivity contribution in [3.63, 3.8) is 0 Å². The topological polar surface area (TPSA) is 18.5 Å². The molecule has 0 N–H and O–H groups in total. The molecule has 0 unspecified atom stereocenters. The summed E-state index contributed by atoms with van der Waals surface area (Å²) in [5.74, 6) is 0. The molecule has 0 atom stereocenters. The monoisotopic (exact) mass is 224 g/mol. The molecule has 1 rings (SSSR count). The molecule has 0 spiro atoms. The van der Waals surface area contributed by atoms with Crippen molar-refractivity contribution in [2.75, 3.05) is 14.2 Å². The molecule has 1 aromatic rings. The molecule has 2 nitrogen and oxygen atoms in total. The third-order valence-electron chi connectivity index (χ3n) is 2.73. The molecule has 0 heterocycles. The quantitative estimate of drug-likeness (QED) is 0.691. The Morgan fingerprint density at radius 1 is 1.07 bits per heavy atom. The van der Waals surface area contributed by atoms with E-state index in [0.29, 0.717) is 0 Å². The second-order valence-electron chi connectivity index (χ2n) is 3.63. The van der Waals surface area contributed by atoms with Crippen LogP contribution in [0.4, 0.5) is 0 Å². The number of benzene rings is 1. The molecule has 0 aliphatic heterocycles. The van der Waals surface area contributed by atoms with Crippen LogP contribution in [0.3, 0.4) is 0 Å². The highest BCUT2D eigenvalue weighted by Gasteiger charge is 2.36. The van der Waals surface area contributed by atoms with Crippen molar-refractivity contribution in [2.24, 2.45) is 0 Å². The van der Waals surface area contributed by atoms with Crippen molar-refractivity contribution in [2.45, 2.75) is 25.8 Å². The minimum Gasteiger partial charge on any atom is -0.394 e. The van der Waals surface area contributed by atoms with Gasteiger partial charge < -0.3 is 8.85 Å². The van der Waals surface area contributed by atoms with Crippen LogP contribution in [0.2, 0.25) is 6.04 Å². The van der Waals surface area contributed by atoms with Crippen LogP contribution in [0.1, 0.15) is 19.8 Å². The predicted octanol–water partition coefficient (Wildman–Crippen LogP) is 2.43. The maximum atomic E-state index is 5.69. The van der Waals surface area contributed by atoms with Crippen LogP contribution in [-0.4, -0.2) is 22.8 Å². The van der Waals surface area contributed by atoms with E-state index in [1.54, 1.807) is 14.2 Å². The fourth-order valence-electron chi connectivity index (χ4n) is 1.77. The lowest BCUT2D eigenvalue weighted by molar-refractivity contribution is 0.256. The summed E-state index contributed by atoms with van der Waals surface area (Å²) in [5.41, 5.74) is 0. The maximum absolute atomic E-state index is 5.69. The standard InChI is InChI=1S/C12H20O2Si/c1-4-5-11-15(13-2,14-3)12-9-7-6-8-10-12/h6-10H,4-5,11H2,1-3H3. The first-order valence-electron chi connectivity index (χ1n) is 5.45. The van der Waals surface area contributed by atoms with E-state index < -0.39 is 8.56 Å². The van der Waals surface area contributed by atoms with Gasteiger partial charge in [0.05, 0.1) is 0 Å². The SMILES string of the molecule is CCCC[Si](OC)(OC)c1ccccc1. The minimum atomic E-state index is -2.14. The van der Waals surface area contributed by atoms with E-state index in [1.807, 2.05) is 18.2 Å². The van der Waals surface area contributed by atoms with Crippen molar-refractivity contribution in [3.05, 3.63) is 30.3 Å². The third-order valence-corrected chi connectivity index (χ3v) is 6.28. The first-order chi connectivity index (χ1) is 7.29. The molecular formula is C12H20O2Si. The van der Waals surface area contributed by atoms with Crippen molar-refractivity contribution in [3.8, 4) is 0 Å². The zero-order valence-electron chi connectivity index (χ0n) is 9.82. The summed E-state index contributed by atoms with van der Waals surface area (Å²) in [7, 11) is 1.38. The highest BCUT2D eigenvalue weighted by Crippen LogP contribution is 2.15. The summed E-state index contributed by atoms with van der Waals surface area (Å²) in [4.78, 5) is 0. The van der Waals surface area contributed by atoms with Gasteiger partial charge >= 0.3 is 8.56 Å². The van der Waals surface area contributed by atoms with Gasteiger partial charge in [-0.25, -0.2) is 0 Å². The highest BCUT2D eigenvalue weighted by molar-refractivity contribution is 6.81. The molecule has 3 heteroatoms. The van der Waals surface area contributed by atoms with Crippen LogP contribution in [0.15, 0.2) is 30.3 Å². The normalized spacial score (nSPS) is 11.7. The van der Waals surface area contributed by atoms with Gasteiger partial charge in [-0.15, -0.1) is 0 Å². The largest absolute Gasteiger partial charge is 0.394 e. The Bertz CT molecular complexity index is 270. The van der Waals surface area contributed by atoms with Crippen LogP contribution in [0, 0.1) is 0 Å². The predicted molar refractivity (Wildman–Crippen MR) is 65.6 cm³/mol. The lowest BCUT2D eigenvalue weighted by Crippen LogP contribution is -2.52. The van der Waals surface area contributed by atoms with Crippen molar-refractivity contribution in [1.29, 1.82) is 0 Å². The van der Waals surface area contributed by atoms with Gasteiger partial charge in [-0.05, 0) is 11.2 Å². The molecule has 0 amide bonds. The summed E-state index contributed by atoms with van der Waals surface area (Å²) in [6, 6.07) is 11.3. The Morgan fingerprint density at radius 3 is 2.13 bits per heavy atom. The van der Waals surface area contributed by atoms with Crippen LogP contribution in [0.5, 0.6) is 0 Å². The maximum Gasteiger partial charge on any atom is 0.371 e. The first-order valence-corrected chi connectivity index (χ1v) is 7.47. The minimum absolute atomic E-state index is 1.03. The third kappa shape index (κ3) is 2.90. The number of hydrogen-bond acceptors (Lipinski definition) is 2. The van der Waals surface area contributed by atoms with E-state index in [4.69, 9.17) is 8.85 Å². The van der Waals surface area contributed by atoms with Crippen LogP contribution in [0.25, 0.3) is 0 Å². The van der Waals surface area contributed by atoms with E-state index >= 15 is 0 Å². The molecule has 0 saturated carbocycles. The Kier molecular flexibility index (Phi) is 5.01. The van der Waals surface area contributed by atoms with E-state index in [-0.39, 0.29) is 0 Å². The Labute approximate surface area is 93.5 Å². The van der Waals surface area contributed by atoms with Crippen LogP contribution < -0.4 is 5.19 Å². The number of rotatable bonds is 6.